The lowest BCUT2D eigenvalue weighted by molar-refractivity contribution is 0.205. The minimum atomic E-state index is -0.983. The second kappa shape index (κ2) is 9.30. The molecule has 2 aromatic carbocycles. The third kappa shape index (κ3) is 4.36. The smallest absolute Gasteiger partial charge is 0.146 e. The zero-order valence-electron chi connectivity index (χ0n) is 19.2. The first-order valence-corrected chi connectivity index (χ1v) is 10.9. The summed E-state index contributed by atoms with van der Waals surface area (Å²) in [6, 6.07) is 9.17. The van der Waals surface area contributed by atoms with Crippen molar-refractivity contribution in [1.82, 2.24) is 14.5 Å². The van der Waals surface area contributed by atoms with Gasteiger partial charge in [0.2, 0.25) is 0 Å². The molecular weight excluding hydrogens is 407 g/mol. The molecule has 1 N–H and O–H groups in total. The van der Waals surface area contributed by atoms with E-state index in [1.807, 2.05) is 11.9 Å². The van der Waals surface area contributed by atoms with E-state index >= 15 is 0 Å². The maximum Gasteiger partial charge on any atom is 0.146 e. The third-order valence-corrected chi connectivity index (χ3v) is 6.35. The van der Waals surface area contributed by atoms with Gasteiger partial charge < -0.3 is 19.3 Å². The number of methoxy groups -OCH3 is 1. The number of halogens is 1. The van der Waals surface area contributed by atoms with E-state index in [2.05, 4.69) is 35.9 Å². The third-order valence-electron chi connectivity index (χ3n) is 6.35. The molecule has 0 amide bonds. The van der Waals surface area contributed by atoms with Gasteiger partial charge in [-0.25, -0.2) is 9.37 Å². The first kappa shape index (κ1) is 22.3. The predicted octanol–water partition coefficient (Wildman–Crippen LogP) is 3.59. The lowest BCUT2D eigenvalue weighted by Gasteiger charge is -2.37. The van der Waals surface area contributed by atoms with Gasteiger partial charge >= 0.3 is 0 Å². The van der Waals surface area contributed by atoms with Crippen LogP contribution in [0.25, 0.3) is 0 Å². The Hall–Kier alpha value is -2.90. The highest BCUT2D eigenvalue weighted by molar-refractivity contribution is 5.57. The average molecular weight is 439 g/mol. The minimum Gasteiger partial charge on any atom is -0.496 e. The zero-order valence-corrected chi connectivity index (χ0v) is 19.2. The van der Waals surface area contributed by atoms with Crippen LogP contribution in [-0.4, -0.2) is 52.8 Å². The SMILES string of the molecule is COc1cc(C)c(CN2CCN(c3c(F)cccc3C(O)c3nccn3C)CC2)cc1C. The van der Waals surface area contributed by atoms with Crippen molar-refractivity contribution in [2.45, 2.75) is 26.5 Å². The van der Waals surface area contributed by atoms with Gasteiger partial charge in [-0.3, -0.25) is 4.90 Å². The van der Waals surface area contributed by atoms with Crippen LogP contribution in [0.15, 0.2) is 42.7 Å². The van der Waals surface area contributed by atoms with Gasteiger partial charge in [-0.1, -0.05) is 18.2 Å². The van der Waals surface area contributed by atoms with Crippen molar-refractivity contribution < 1.29 is 14.2 Å². The summed E-state index contributed by atoms with van der Waals surface area (Å²) in [5.74, 6) is 1.10. The molecule has 1 atom stereocenters. The molecule has 32 heavy (non-hydrogen) atoms. The molecule has 0 bridgehead atoms. The molecule has 1 saturated heterocycles. The average Bonchev–Trinajstić information content (AvgIpc) is 3.22. The van der Waals surface area contributed by atoms with Crippen LogP contribution in [0.2, 0.25) is 0 Å². The number of rotatable bonds is 6. The predicted molar refractivity (Wildman–Crippen MR) is 124 cm³/mol. The van der Waals surface area contributed by atoms with Crippen molar-refractivity contribution in [3.05, 3.63) is 76.6 Å². The Morgan fingerprint density at radius 1 is 1.12 bits per heavy atom. The van der Waals surface area contributed by atoms with E-state index in [0.717, 1.165) is 30.9 Å². The molecular formula is C25H31FN4O2. The van der Waals surface area contributed by atoms with Crippen LogP contribution in [0.5, 0.6) is 5.75 Å². The summed E-state index contributed by atoms with van der Waals surface area (Å²) in [4.78, 5) is 8.68. The van der Waals surface area contributed by atoms with Crippen molar-refractivity contribution >= 4 is 5.69 Å². The van der Waals surface area contributed by atoms with Crippen LogP contribution >= 0.6 is 0 Å². The molecule has 6 nitrogen and oxygen atoms in total. The highest BCUT2D eigenvalue weighted by Gasteiger charge is 2.27. The van der Waals surface area contributed by atoms with Crippen LogP contribution in [0.1, 0.15) is 34.2 Å². The number of aryl methyl sites for hydroxylation is 3. The maximum absolute atomic E-state index is 14.9. The number of para-hydroxylation sites is 1. The standard InChI is InChI=1S/C25H31FN4O2/c1-17-15-22(32-4)18(2)14-19(17)16-29-10-12-30(13-11-29)23-20(6-5-7-21(23)26)24(31)25-27-8-9-28(25)3/h5-9,14-15,24,31H,10-13,16H2,1-4H3. The van der Waals surface area contributed by atoms with E-state index in [1.165, 1.54) is 17.2 Å². The number of aliphatic hydroxyl groups is 1. The number of aromatic nitrogens is 2. The van der Waals surface area contributed by atoms with E-state index in [9.17, 15) is 9.50 Å². The van der Waals surface area contributed by atoms with Crippen LogP contribution in [0, 0.1) is 19.7 Å². The molecule has 2 heterocycles. The van der Waals surface area contributed by atoms with Gasteiger partial charge in [0.05, 0.1) is 12.8 Å². The fourth-order valence-electron chi connectivity index (χ4n) is 4.48. The largest absolute Gasteiger partial charge is 0.496 e. The van der Waals surface area contributed by atoms with Gasteiger partial charge in [0.15, 0.2) is 0 Å². The Kier molecular flexibility index (Phi) is 6.48. The van der Waals surface area contributed by atoms with Crippen LogP contribution in [0.3, 0.4) is 0 Å². The summed E-state index contributed by atoms with van der Waals surface area (Å²) in [5.41, 5.74) is 4.65. The van der Waals surface area contributed by atoms with Crippen LogP contribution in [0.4, 0.5) is 10.1 Å². The number of imidazole rings is 1. The van der Waals surface area contributed by atoms with Gasteiger partial charge in [0.25, 0.3) is 0 Å². The summed E-state index contributed by atoms with van der Waals surface area (Å²) in [6.07, 6.45) is 2.43. The first-order valence-electron chi connectivity index (χ1n) is 10.9. The van der Waals surface area contributed by atoms with E-state index in [4.69, 9.17) is 4.74 Å². The molecule has 7 heteroatoms. The number of aliphatic hydroxyl groups excluding tert-OH is 1. The Balaban J connectivity index is 1.49. The van der Waals surface area contributed by atoms with E-state index in [0.29, 0.717) is 30.2 Å². The minimum absolute atomic E-state index is 0.314. The molecule has 4 rings (SSSR count). The summed E-state index contributed by atoms with van der Waals surface area (Å²) >= 11 is 0. The lowest BCUT2D eigenvalue weighted by Crippen LogP contribution is -2.46. The number of nitrogens with zero attached hydrogens (tertiary/aromatic N) is 4. The topological polar surface area (TPSA) is 53.8 Å². The zero-order chi connectivity index (χ0) is 22.8. The summed E-state index contributed by atoms with van der Waals surface area (Å²) in [5, 5.41) is 10.9. The molecule has 0 saturated carbocycles. The molecule has 1 fully saturated rings. The molecule has 0 aliphatic carbocycles. The number of hydrogen-bond acceptors (Lipinski definition) is 5. The Morgan fingerprint density at radius 3 is 2.53 bits per heavy atom. The second-order valence-corrected chi connectivity index (χ2v) is 8.49. The van der Waals surface area contributed by atoms with Gasteiger partial charge in [0, 0.05) is 57.7 Å². The summed E-state index contributed by atoms with van der Waals surface area (Å²) < 4.78 is 22.1. The monoisotopic (exact) mass is 438 g/mol. The molecule has 0 radical (unpaired) electrons. The quantitative estimate of drug-likeness (QED) is 0.638. The van der Waals surface area contributed by atoms with Gasteiger partial charge in [-0.15, -0.1) is 0 Å². The van der Waals surface area contributed by atoms with Crippen molar-refractivity contribution in [2.75, 3.05) is 38.2 Å². The Labute approximate surface area is 188 Å². The highest BCUT2D eigenvalue weighted by atomic mass is 19.1. The van der Waals surface area contributed by atoms with E-state index < -0.39 is 6.10 Å². The van der Waals surface area contributed by atoms with Gasteiger partial charge in [0.1, 0.15) is 23.5 Å². The van der Waals surface area contributed by atoms with E-state index in [1.54, 1.807) is 36.2 Å². The second-order valence-electron chi connectivity index (χ2n) is 8.49. The van der Waals surface area contributed by atoms with Crippen molar-refractivity contribution in [3.63, 3.8) is 0 Å². The molecule has 1 unspecified atom stereocenters. The Bertz CT molecular complexity index is 1090. The molecule has 1 aliphatic rings. The lowest BCUT2D eigenvalue weighted by atomic mass is 10.0. The van der Waals surface area contributed by atoms with Crippen LogP contribution < -0.4 is 9.64 Å². The van der Waals surface area contributed by atoms with E-state index in [-0.39, 0.29) is 5.82 Å². The summed E-state index contributed by atoms with van der Waals surface area (Å²) in [7, 11) is 3.52. The van der Waals surface area contributed by atoms with Gasteiger partial charge in [-0.2, -0.15) is 0 Å². The number of ether oxygens (including phenoxy) is 1. The Morgan fingerprint density at radius 2 is 1.88 bits per heavy atom. The number of anilines is 1. The fraction of sp³-hybridized carbons (Fsp3) is 0.400. The molecule has 0 spiro atoms. The fourth-order valence-corrected chi connectivity index (χ4v) is 4.48. The summed E-state index contributed by atoms with van der Waals surface area (Å²) in [6.45, 7) is 8.04. The normalized spacial score (nSPS) is 15.8. The molecule has 3 aromatic rings. The van der Waals surface area contributed by atoms with Crippen LogP contribution in [-0.2, 0) is 13.6 Å². The van der Waals surface area contributed by atoms with Crippen molar-refractivity contribution in [2.24, 2.45) is 7.05 Å². The highest BCUT2D eigenvalue weighted by Crippen LogP contribution is 2.33. The molecule has 1 aromatic heterocycles. The van der Waals surface area contributed by atoms with Crippen molar-refractivity contribution in [1.29, 1.82) is 0 Å². The maximum atomic E-state index is 14.9. The number of piperazine rings is 1. The first-order chi connectivity index (χ1) is 15.4. The molecule has 170 valence electrons. The van der Waals surface area contributed by atoms with Crippen molar-refractivity contribution in [3.8, 4) is 5.75 Å². The molecule has 1 aliphatic heterocycles. The number of benzene rings is 2. The number of hydrogen-bond donors (Lipinski definition) is 1. The van der Waals surface area contributed by atoms with Gasteiger partial charge in [-0.05, 0) is 42.7 Å².